The number of carbonyl (C=O) groups is 1. The molecule has 5 heteroatoms. The lowest BCUT2D eigenvalue weighted by molar-refractivity contribution is 0.0526. The molecule has 117 valence electrons. The summed E-state index contributed by atoms with van der Waals surface area (Å²) in [6, 6.07) is 7.52. The standard InChI is InChI=1S/C18H15O5/c1-3-11-14(19)7-6-12-16(20)13-9-10(18(21)22-4-2)5-8-15(13)23-17(11)12/h5-9,19H,1,3-4H2,2H3. The molecule has 0 amide bonds. The first-order valence-corrected chi connectivity index (χ1v) is 7.24. The minimum atomic E-state index is -0.488. The van der Waals surface area contributed by atoms with Crippen LogP contribution < -0.4 is 5.43 Å². The van der Waals surface area contributed by atoms with Crippen LogP contribution in [-0.2, 0) is 11.2 Å². The van der Waals surface area contributed by atoms with E-state index in [9.17, 15) is 14.7 Å². The third-order valence-electron chi connectivity index (χ3n) is 3.68. The van der Waals surface area contributed by atoms with Crippen molar-refractivity contribution in [2.45, 2.75) is 13.3 Å². The summed E-state index contributed by atoms with van der Waals surface area (Å²) in [4.78, 5) is 24.5. The van der Waals surface area contributed by atoms with E-state index >= 15 is 0 Å². The van der Waals surface area contributed by atoms with Gasteiger partial charge in [0, 0.05) is 5.56 Å². The van der Waals surface area contributed by atoms with Crippen molar-refractivity contribution < 1.29 is 19.1 Å². The summed E-state index contributed by atoms with van der Waals surface area (Å²) in [5.41, 5.74) is 1.18. The van der Waals surface area contributed by atoms with Gasteiger partial charge in [0.2, 0.25) is 5.43 Å². The van der Waals surface area contributed by atoms with E-state index in [-0.39, 0.29) is 17.8 Å². The van der Waals surface area contributed by atoms with Gasteiger partial charge in [0.1, 0.15) is 16.9 Å². The van der Waals surface area contributed by atoms with Crippen molar-refractivity contribution in [3.05, 3.63) is 58.6 Å². The van der Waals surface area contributed by atoms with Gasteiger partial charge in [0.25, 0.3) is 0 Å². The van der Waals surface area contributed by atoms with Crippen LogP contribution in [0.1, 0.15) is 22.8 Å². The number of hydrogen-bond donors (Lipinski definition) is 1. The monoisotopic (exact) mass is 311 g/mol. The molecule has 0 saturated carbocycles. The number of phenols is 1. The Morgan fingerprint density at radius 1 is 1.26 bits per heavy atom. The van der Waals surface area contributed by atoms with Crippen molar-refractivity contribution in [2.24, 2.45) is 0 Å². The Kier molecular flexibility index (Phi) is 3.78. The van der Waals surface area contributed by atoms with Crippen LogP contribution in [0.2, 0.25) is 0 Å². The highest BCUT2D eigenvalue weighted by molar-refractivity contribution is 5.97. The van der Waals surface area contributed by atoms with Gasteiger partial charge in [-0.25, -0.2) is 4.79 Å². The van der Waals surface area contributed by atoms with Gasteiger partial charge in [-0.05, 0) is 50.6 Å². The van der Waals surface area contributed by atoms with Crippen molar-refractivity contribution in [3.8, 4) is 5.75 Å². The first-order valence-electron chi connectivity index (χ1n) is 7.24. The van der Waals surface area contributed by atoms with Gasteiger partial charge < -0.3 is 14.3 Å². The summed E-state index contributed by atoms with van der Waals surface area (Å²) in [6.07, 6.45) is 0.290. The van der Waals surface area contributed by atoms with E-state index in [0.717, 1.165) is 0 Å². The Balaban J connectivity index is 2.33. The molecular formula is C18H15O5. The van der Waals surface area contributed by atoms with Crippen LogP contribution in [0.15, 0.2) is 39.5 Å². The van der Waals surface area contributed by atoms with Gasteiger partial charge in [0.15, 0.2) is 0 Å². The second-order valence-corrected chi connectivity index (χ2v) is 5.05. The number of hydrogen-bond acceptors (Lipinski definition) is 5. The highest BCUT2D eigenvalue weighted by Gasteiger charge is 2.15. The summed E-state index contributed by atoms with van der Waals surface area (Å²) in [7, 11) is 0. The van der Waals surface area contributed by atoms with Crippen LogP contribution in [0.25, 0.3) is 21.9 Å². The molecule has 3 aromatic rings. The number of rotatable bonds is 3. The van der Waals surface area contributed by atoms with E-state index in [1.807, 2.05) is 0 Å². The van der Waals surface area contributed by atoms with Crippen LogP contribution >= 0.6 is 0 Å². The quantitative estimate of drug-likeness (QED) is 0.593. The Hall–Kier alpha value is -2.82. The lowest BCUT2D eigenvalue weighted by Crippen LogP contribution is -2.08. The molecule has 0 unspecified atom stereocenters. The first-order chi connectivity index (χ1) is 11.1. The number of benzene rings is 2. The fraction of sp³-hybridized carbons (Fsp3) is 0.167. The molecule has 0 bridgehead atoms. The lowest BCUT2D eigenvalue weighted by atomic mass is 10.0. The Morgan fingerprint density at radius 3 is 2.74 bits per heavy atom. The number of aromatic hydroxyl groups is 1. The van der Waals surface area contributed by atoms with E-state index in [2.05, 4.69) is 6.92 Å². The highest BCUT2D eigenvalue weighted by atomic mass is 16.5. The summed E-state index contributed by atoms with van der Waals surface area (Å²) < 4.78 is 10.7. The maximum Gasteiger partial charge on any atom is 0.338 e. The molecule has 0 aliphatic rings. The van der Waals surface area contributed by atoms with E-state index in [4.69, 9.17) is 9.15 Å². The first kappa shape index (κ1) is 15.1. The van der Waals surface area contributed by atoms with Gasteiger partial charge in [-0.15, -0.1) is 0 Å². The normalized spacial score (nSPS) is 11.0. The van der Waals surface area contributed by atoms with Crippen molar-refractivity contribution in [3.63, 3.8) is 0 Å². The summed E-state index contributed by atoms with van der Waals surface area (Å²) in [5.74, 6) is -0.448. The number of esters is 1. The van der Waals surface area contributed by atoms with Crippen molar-refractivity contribution in [1.82, 2.24) is 0 Å². The maximum atomic E-state index is 12.7. The molecule has 2 aromatic carbocycles. The fourth-order valence-electron chi connectivity index (χ4n) is 2.55. The topological polar surface area (TPSA) is 76.7 Å². The van der Waals surface area contributed by atoms with Crippen molar-refractivity contribution >= 4 is 27.9 Å². The van der Waals surface area contributed by atoms with E-state index in [1.165, 1.54) is 18.2 Å². The maximum absolute atomic E-state index is 12.7. The van der Waals surface area contributed by atoms with Crippen LogP contribution in [-0.4, -0.2) is 17.7 Å². The van der Waals surface area contributed by atoms with E-state index in [1.54, 1.807) is 19.1 Å². The Bertz CT molecular complexity index is 968. The van der Waals surface area contributed by atoms with Crippen LogP contribution in [0.5, 0.6) is 5.75 Å². The highest BCUT2D eigenvalue weighted by Crippen LogP contribution is 2.28. The number of carbonyl (C=O) groups excluding carboxylic acids is 1. The molecule has 0 fully saturated rings. The number of ether oxygens (including phenoxy) is 1. The summed E-state index contributed by atoms with van der Waals surface area (Å²) in [5, 5.41) is 10.5. The smallest absolute Gasteiger partial charge is 0.338 e. The number of phenolic OH excluding ortho intramolecular Hbond substituents is 1. The average Bonchev–Trinajstić information content (AvgIpc) is 2.55. The van der Waals surface area contributed by atoms with Crippen LogP contribution in [0.4, 0.5) is 0 Å². The van der Waals surface area contributed by atoms with Crippen molar-refractivity contribution in [1.29, 1.82) is 0 Å². The minimum absolute atomic E-state index is 0.0399. The SMILES string of the molecule is [CH2]Cc1c(O)ccc2c(=O)c3cc(C(=O)OCC)ccc3oc12. The Labute approximate surface area is 132 Å². The molecular weight excluding hydrogens is 296 g/mol. The second kappa shape index (κ2) is 5.76. The molecule has 1 radical (unpaired) electrons. The molecule has 0 aliphatic heterocycles. The van der Waals surface area contributed by atoms with E-state index < -0.39 is 5.97 Å². The molecule has 0 saturated heterocycles. The zero-order chi connectivity index (χ0) is 16.6. The molecule has 5 nitrogen and oxygen atoms in total. The molecule has 0 aliphatic carbocycles. The number of fused-ring (bicyclic) bond motifs is 2. The van der Waals surface area contributed by atoms with Gasteiger partial charge in [-0.2, -0.15) is 0 Å². The molecule has 3 rings (SSSR count). The second-order valence-electron chi connectivity index (χ2n) is 5.05. The third-order valence-corrected chi connectivity index (χ3v) is 3.68. The third kappa shape index (κ3) is 2.44. The summed E-state index contributed by atoms with van der Waals surface area (Å²) >= 11 is 0. The molecule has 1 N–H and O–H groups in total. The zero-order valence-electron chi connectivity index (χ0n) is 12.6. The zero-order valence-corrected chi connectivity index (χ0v) is 12.6. The van der Waals surface area contributed by atoms with Gasteiger partial charge in [0.05, 0.1) is 22.9 Å². The summed E-state index contributed by atoms with van der Waals surface area (Å²) in [6.45, 7) is 5.73. The van der Waals surface area contributed by atoms with Gasteiger partial charge in [-0.3, -0.25) is 4.79 Å². The predicted octanol–water partition coefficient (Wildman–Crippen LogP) is 3.21. The Morgan fingerprint density at radius 2 is 2.04 bits per heavy atom. The van der Waals surface area contributed by atoms with Gasteiger partial charge in [-0.1, -0.05) is 0 Å². The van der Waals surface area contributed by atoms with Crippen LogP contribution in [0.3, 0.4) is 0 Å². The van der Waals surface area contributed by atoms with Gasteiger partial charge >= 0.3 is 5.97 Å². The molecule has 0 atom stereocenters. The van der Waals surface area contributed by atoms with E-state index in [0.29, 0.717) is 39.5 Å². The average molecular weight is 311 g/mol. The minimum Gasteiger partial charge on any atom is -0.508 e. The molecule has 0 spiro atoms. The fourth-order valence-corrected chi connectivity index (χ4v) is 2.55. The predicted molar refractivity (Wildman–Crippen MR) is 86.7 cm³/mol. The largest absolute Gasteiger partial charge is 0.508 e. The molecule has 1 heterocycles. The molecule has 1 aromatic heterocycles. The lowest BCUT2D eigenvalue weighted by Gasteiger charge is -2.08. The van der Waals surface area contributed by atoms with Crippen molar-refractivity contribution in [2.75, 3.05) is 6.61 Å². The van der Waals surface area contributed by atoms with Crippen LogP contribution in [0, 0.1) is 6.92 Å². The molecule has 23 heavy (non-hydrogen) atoms.